The topological polar surface area (TPSA) is 106 Å². The SMILES string of the molecule is COc1ccc(S(=O)(=O)N2CCC[C@H]2c2nnc3ccccn23)cc1NC(C)=O. The molecule has 1 aliphatic rings. The van der Waals surface area contributed by atoms with Crippen molar-refractivity contribution in [2.75, 3.05) is 19.0 Å². The quantitative estimate of drug-likeness (QED) is 0.685. The third-order valence-electron chi connectivity index (χ3n) is 4.93. The lowest BCUT2D eigenvalue weighted by Gasteiger charge is -2.23. The summed E-state index contributed by atoms with van der Waals surface area (Å²) in [5, 5.41) is 11.0. The van der Waals surface area contributed by atoms with Crippen LogP contribution in [0.25, 0.3) is 5.65 Å². The largest absolute Gasteiger partial charge is 0.495 e. The molecule has 0 aliphatic carbocycles. The first kappa shape index (κ1) is 19.3. The Morgan fingerprint density at radius 3 is 2.83 bits per heavy atom. The van der Waals surface area contributed by atoms with Crippen LogP contribution < -0.4 is 10.1 Å². The van der Waals surface area contributed by atoms with E-state index in [0.29, 0.717) is 35.9 Å². The fraction of sp³-hybridized carbons (Fsp3) is 0.316. The molecular formula is C19H21N5O4S. The van der Waals surface area contributed by atoms with Crippen molar-refractivity contribution in [1.29, 1.82) is 0 Å². The third-order valence-corrected chi connectivity index (χ3v) is 6.83. The number of rotatable bonds is 5. The second kappa shape index (κ2) is 7.45. The normalized spacial score (nSPS) is 17.5. The second-order valence-corrected chi connectivity index (χ2v) is 8.69. The number of ether oxygens (including phenoxy) is 1. The maximum atomic E-state index is 13.4. The van der Waals surface area contributed by atoms with Crippen molar-refractivity contribution in [3.05, 3.63) is 48.4 Å². The van der Waals surface area contributed by atoms with E-state index in [-0.39, 0.29) is 10.8 Å². The van der Waals surface area contributed by atoms with Gasteiger partial charge >= 0.3 is 0 Å². The number of hydrogen-bond donors (Lipinski definition) is 1. The van der Waals surface area contributed by atoms with Gasteiger partial charge in [0.05, 0.1) is 23.7 Å². The molecule has 1 atom stereocenters. The number of pyridine rings is 1. The number of benzene rings is 1. The van der Waals surface area contributed by atoms with Crippen LogP contribution in [0.4, 0.5) is 5.69 Å². The lowest BCUT2D eigenvalue weighted by molar-refractivity contribution is -0.114. The molecule has 0 bridgehead atoms. The fourth-order valence-corrected chi connectivity index (χ4v) is 5.33. The van der Waals surface area contributed by atoms with Crippen LogP contribution in [0.5, 0.6) is 5.75 Å². The predicted octanol–water partition coefficient (Wildman–Crippen LogP) is 2.22. The van der Waals surface area contributed by atoms with Gasteiger partial charge in [-0.25, -0.2) is 8.42 Å². The number of hydrogen-bond acceptors (Lipinski definition) is 6. The van der Waals surface area contributed by atoms with E-state index in [9.17, 15) is 13.2 Å². The number of methoxy groups -OCH3 is 1. The number of carbonyl (C=O) groups is 1. The van der Waals surface area contributed by atoms with Crippen LogP contribution in [-0.2, 0) is 14.8 Å². The molecule has 1 aromatic carbocycles. The standard InChI is InChI=1S/C19H21N5O4S/c1-13(25)20-15-12-14(8-9-17(15)28-2)29(26,27)24-11-5-6-16(24)19-22-21-18-7-3-4-10-23(18)19/h3-4,7-10,12,16H,5-6,11H2,1-2H3,(H,20,25)/t16-/m0/s1. The van der Waals surface area contributed by atoms with E-state index < -0.39 is 16.1 Å². The summed E-state index contributed by atoms with van der Waals surface area (Å²) >= 11 is 0. The summed E-state index contributed by atoms with van der Waals surface area (Å²) < 4.78 is 35.3. The molecule has 1 N–H and O–H groups in total. The Kier molecular flexibility index (Phi) is 4.97. The minimum absolute atomic E-state index is 0.0859. The lowest BCUT2D eigenvalue weighted by Crippen LogP contribution is -2.31. The fourth-order valence-electron chi connectivity index (χ4n) is 3.64. The Morgan fingerprint density at radius 2 is 2.07 bits per heavy atom. The Hall–Kier alpha value is -2.98. The van der Waals surface area contributed by atoms with E-state index in [2.05, 4.69) is 15.5 Å². The van der Waals surface area contributed by atoms with Crippen molar-refractivity contribution < 1.29 is 17.9 Å². The average Bonchev–Trinajstić information content (AvgIpc) is 3.34. The zero-order valence-electron chi connectivity index (χ0n) is 16.1. The van der Waals surface area contributed by atoms with E-state index in [0.717, 1.165) is 6.42 Å². The van der Waals surface area contributed by atoms with Crippen LogP contribution in [-0.4, -0.2) is 46.9 Å². The smallest absolute Gasteiger partial charge is 0.243 e. The molecule has 0 saturated carbocycles. The van der Waals surface area contributed by atoms with Crippen LogP contribution in [0.2, 0.25) is 0 Å². The van der Waals surface area contributed by atoms with Crippen molar-refractivity contribution in [1.82, 2.24) is 18.9 Å². The van der Waals surface area contributed by atoms with Crippen molar-refractivity contribution in [3.8, 4) is 5.75 Å². The number of carbonyl (C=O) groups excluding carboxylic acids is 1. The molecule has 1 fully saturated rings. The van der Waals surface area contributed by atoms with E-state index >= 15 is 0 Å². The van der Waals surface area contributed by atoms with E-state index in [1.54, 1.807) is 0 Å². The summed E-state index contributed by atoms with van der Waals surface area (Å²) in [6.45, 7) is 1.74. The molecule has 1 saturated heterocycles. The number of fused-ring (bicyclic) bond motifs is 1. The predicted molar refractivity (Wildman–Crippen MR) is 106 cm³/mol. The Bertz CT molecular complexity index is 1170. The molecule has 1 aliphatic heterocycles. The number of sulfonamides is 1. The molecular weight excluding hydrogens is 394 g/mol. The zero-order valence-corrected chi connectivity index (χ0v) is 16.9. The number of nitrogens with one attached hydrogen (secondary N) is 1. The van der Waals surface area contributed by atoms with Gasteiger partial charge in [-0.2, -0.15) is 4.31 Å². The highest BCUT2D eigenvalue weighted by atomic mass is 32.2. The number of nitrogens with zero attached hydrogens (tertiary/aromatic N) is 4. The Balaban J connectivity index is 1.74. The van der Waals surface area contributed by atoms with Crippen molar-refractivity contribution in [2.45, 2.75) is 30.7 Å². The molecule has 152 valence electrons. The van der Waals surface area contributed by atoms with Crippen LogP contribution in [0.1, 0.15) is 31.6 Å². The summed E-state index contributed by atoms with van der Waals surface area (Å²) in [5.74, 6) is 0.671. The molecule has 3 heterocycles. The van der Waals surface area contributed by atoms with Gasteiger partial charge in [0.1, 0.15) is 5.75 Å². The van der Waals surface area contributed by atoms with Crippen LogP contribution in [0.3, 0.4) is 0 Å². The van der Waals surface area contributed by atoms with E-state index in [1.165, 1.54) is 36.5 Å². The first-order valence-corrected chi connectivity index (χ1v) is 10.6. The van der Waals surface area contributed by atoms with Gasteiger partial charge in [0, 0.05) is 19.7 Å². The van der Waals surface area contributed by atoms with Gasteiger partial charge in [0.2, 0.25) is 15.9 Å². The molecule has 29 heavy (non-hydrogen) atoms. The Morgan fingerprint density at radius 1 is 1.24 bits per heavy atom. The molecule has 0 unspecified atom stereocenters. The van der Waals surface area contributed by atoms with Gasteiger partial charge < -0.3 is 10.1 Å². The summed E-state index contributed by atoms with van der Waals surface area (Å²) in [5.41, 5.74) is 0.980. The molecule has 4 rings (SSSR count). The van der Waals surface area contributed by atoms with Crippen LogP contribution in [0, 0.1) is 0 Å². The maximum absolute atomic E-state index is 13.4. The van der Waals surface area contributed by atoms with Crippen molar-refractivity contribution in [2.24, 2.45) is 0 Å². The average molecular weight is 415 g/mol. The molecule has 2 aromatic heterocycles. The molecule has 1 amide bonds. The minimum Gasteiger partial charge on any atom is -0.495 e. The first-order chi connectivity index (χ1) is 13.9. The van der Waals surface area contributed by atoms with Gasteiger partial charge in [-0.1, -0.05) is 6.07 Å². The molecule has 9 nitrogen and oxygen atoms in total. The number of amides is 1. The highest BCUT2D eigenvalue weighted by molar-refractivity contribution is 7.89. The zero-order chi connectivity index (χ0) is 20.6. The van der Waals surface area contributed by atoms with Crippen LogP contribution >= 0.6 is 0 Å². The highest BCUT2D eigenvalue weighted by Gasteiger charge is 2.39. The molecule has 10 heteroatoms. The van der Waals surface area contributed by atoms with E-state index in [1.807, 2.05) is 28.8 Å². The summed E-state index contributed by atoms with van der Waals surface area (Å²) in [4.78, 5) is 11.6. The minimum atomic E-state index is -3.82. The maximum Gasteiger partial charge on any atom is 0.243 e. The van der Waals surface area contributed by atoms with E-state index in [4.69, 9.17) is 4.74 Å². The molecule has 0 radical (unpaired) electrons. The van der Waals surface area contributed by atoms with Crippen molar-refractivity contribution >= 4 is 27.3 Å². The molecule has 0 spiro atoms. The summed E-state index contributed by atoms with van der Waals surface area (Å²) in [6.07, 6.45) is 3.21. The lowest BCUT2D eigenvalue weighted by atomic mass is 10.2. The highest BCUT2D eigenvalue weighted by Crippen LogP contribution is 2.37. The number of aromatic nitrogens is 3. The third kappa shape index (κ3) is 3.45. The monoisotopic (exact) mass is 415 g/mol. The Labute approximate surface area is 168 Å². The second-order valence-electron chi connectivity index (χ2n) is 6.80. The van der Waals surface area contributed by atoms with Gasteiger partial charge in [0.15, 0.2) is 11.5 Å². The number of anilines is 1. The first-order valence-electron chi connectivity index (χ1n) is 9.19. The van der Waals surface area contributed by atoms with Gasteiger partial charge in [-0.15, -0.1) is 10.2 Å². The van der Waals surface area contributed by atoms with Crippen LogP contribution in [0.15, 0.2) is 47.5 Å². The summed E-state index contributed by atoms with van der Waals surface area (Å²) in [7, 11) is -2.36. The van der Waals surface area contributed by atoms with Gasteiger partial charge in [0.25, 0.3) is 0 Å². The summed E-state index contributed by atoms with van der Waals surface area (Å²) in [6, 6.07) is 9.57. The van der Waals surface area contributed by atoms with Crippen molar-refractivity contribution in [3.63, 3.8) is 0 Å². The molecule has 3 aromatic rings. The van der Waals surface area contributed by atoms with Gasteiger partial charge in [-0.3, -0.25) is 9.20 Å². The van der Waals surface area contributed by atoms with Gasteiger partial charge in [-0.05, 0) is 43.2 Å².